The van der Waals surface area contributed by atoms with Gasteiger partial charge in [0.05, 0.1) is 6.04 Å². The predicted octanol–water partition coefficient (Wildman–Crippen LogP) is 1.49. The van der Waals surface area contributed by atoms with Crippen molar-refractivity contribution >= 4 is 5.91 Å². The molecule has 1 amide bonds. The molecule has 4 heteroatoms. The van der Waals surface area contributed by atoms with Crippen molar-refractivity contribution in [3.63, 3.8) is 0 Å². The molecule has 1 rings (SSSR count). The molecule has 1 aromatic carbocycles. The number of amides is 1. The lowest BCUT2D eigenvalue weighted by Crippen LogP contribution is -2.37. The van der Waals surface area contributed by atoms with Gasteiger partial charge in [-0.05, 0) is 31.1 Å². The van der Waals surface area contributed by atoms with E-state index >= 15 is 0 Å². The number of nitrogens with zero attached hydrogens (tertiary/aromatic N) is 1. The molecule has 3 N–H and O–H groups in total. The molecule has 0 spiro atoms. The van der Waals surface area contributed by atoms with E-state index in [0.717, 1.165) is 25.2 Å². The average molecular weight is 263 g/mol. The van der Waals surface area contributed by atoms with Crippen LogP contribution < -0.4 is 11.1 Å². The molecular weight excluding hydrogens is 238 g/mol. The van der Waals surface area contributed by atoms with Gasteiger partial charge in [0.2, 0.25) is 5.91 Å². The molecular formula is C15H25N3O. The molecule has 1 atom stereocenters. The van der Waals surface area contributed by atoms with E-state index < -0.39 is 6.04 Å². The van der Waals surface area contributed by atoms with Crippen LogP contribution in [-0.2, 0) is 17.9 Å². The standard InChI is InChI=1S/C15H25N3O/c1-4-18(5-2)11-14-8-6-7-13(9-14)10-17-15(19)12(3)16/h6-9,12H,4-5,10-11,16H2,1-3H3,(H,17,19)/t12-/m1/s1. The van der Waals surface area contributed by atoms with Gasteiger partial charge in [0, 0.05) is 13.1 Å². The number of nitrogens with one attached hydrogen (secondary N) is 1. The van der Waals surface area contributed by atoms with Gasteiger partial charge in [0.25, 0.3) is 0 Å². The average Bonchev–Trinajstić information content (AvgIpc) is 2.42. The third kappa shape index (κ3) is 5.41. The molecule has 0 heterocycles. The van der Waals surface area contributed by atoms with Crippen LogP contribution in [0.5, 0.6) is 0 Å². The second kappa shape index (κ2) is 7.92. The first-order valence-electron chi connectivity index (χ1n) is 6.90. The predicted molar refractivity (Wildman–Crippen MR) is 78.6 cm³/mol. The molecule has 0 aliphatic carbocycles. The van der Waals surface area contributed by atoms with Gasteiger partial charge in [0.15, 0.2) is 0 Å². The summed E-state index contributed by atoms with van der Waals surface area (Å²) in [6.45, 7) is 9.58. The summed E-state index contributed by atoms with van der Waals surface area (Å²) in [5, 5.41) is 2.83. The number of hydrogen-bond acceptors (Lipinski definition) is 3. The van der Waals surface area contributed by atoms with Crippen LogP contribution in [0.25, 0.3) is 0 Å². The summed E-state index contributed by atoms with van der Waals surface area (Å²) >= 11 is 0. The Bertz CT molecular complexity index is 400. The van der Waals surface area contributed by atoms with Crippen LogP contribution in [0.4, 0.5) is 0 Å². The van der Waals surface area contributed by atoms with Crippen LogP contribution in [0.1, 0.15) is 31.9 Å². The van der Waals surface area contributed by atoms with Crippen molar-refractivity contribution in [3.05, 3.63) is 35.4 Å². The third-order valence-electron chi connectivity index (χ3n) is 3.17. The van der Waals surface area contributed by atoms with Gasteiger partial charge in [-0.15, -0.1) is 0 Å². The molecule has 106 valence electrons. The van der Waals surface area contributed by atoms with E-state index in [0.29, 0.717) is 6.54 Å². The topological polar surface area (TPSA) is 58.4 Å². The first-order valence-corrected chi connectivity index (χ1v) is 6.90. The number of benzene rings is 1. The van der Waals surface area contributed by atoms with Gasteiger partial charge in [-0.1, -0.05) is 38.1 Å². The SMILES string of the molecule is CCN(CC)Cc1cccc(CNC(=O)[C@@H](C)N)c1. The van der Waals surface area contributed by atoms with Crippen molar-refractivity contribution in [2.24, 2.45) is 5.73 Å². The Balaban J connectivity index is 2.59. The fourth-order valence-electron chi connectivity index (χ4n) is 1.89. The molecule has 0 bridgehead atoms. The Hall–Kier alpha value is -1.39. The Morgan fingerprint density at radius 2 is 1.95 bits per heavy atom. The lowest BCUT2D eigenvalue weighted by atomic mass is 10.1. The molecule has 4 nitrogen and oxygen atoms in total. The van der Waals surface area contributed by atoms with Crippen molar-refractivity contribution in [3.8, 4) is 0 Å². The van der Waals surface area contributed by atoms with Gasteiger partial charge < -0.3 is 11.1 Å². The smallest absolute Gasteiger partial charge is 0.236 e. The van der Waals surface area contributed by atoms with Crippen molar-refractivity contribution < 1.29 is 4.79 Å². The van der Waals surface area contributed by atoms with Crippen LogP contribution in [0.15, 0.2) is 24.3 Å². The van der Waals surface area contributed by atoms with Crippen LogP contribution in [-0.4, -0.2) is 29.9 Å². The summed E-state index contributed by atoms with van der Waals surface area (Å²) in [7, 11) is 0. The monoisotopic (exact) mass is 263 g/mol. The minimum absolute atomic E-state index is 0.117. The number of carbonyl (C=O) groups excluding carboxylic acids is 1. The van der Waals surface area contributed by atoms with Crippen LogP contribution in [0.3, 0.4) is 0 Å². The minimum Gasteiger partial charge on any atom is -0.351 e. The van der Waals surface area contributed by atoms with Crippen LogP contribution in [0.2, 0.25) is 0 Å². The molecule has 0 aliphatic heterocycles. The Labute approximate surface area is 116 Å². The van der Waals surface area contributed by atoms with E-state index in [2.05, 4.69) is 36.2 Å². The summed E-state index contributed by atoms with van der Waals surface area (Å²) in [6.07, 6.45) is 0. The van der Waals surface area contributed by atoms with Crippen LogP contribution >= 0.6 is 0 Å². The van der Waals surface area contributed by atoms with E-state index in [1.165, 1.54) is 5.56 Å². The lowest BCUT2D eigenvalue weighted by Gasteiger charge is -2.18. The maximum atomic E-state index is 11.4. The fraction of sp³-hybridized carbons (Fsp3) is 0.533. The van der Waals surface area contributed by atoms with Crippen molar-refractivity contribution in [1.82, 2.24) is 10.2 Å². The van der Waals surface area contributed by atoms with Gasteiger partial charge >= 0.3 is 0 Å². The van der Waals surface area contributed by atoms with E-state index in [-0.39, 0.29) is 5.91 Å². The van der Waals surface area contributed by atoms with E-state index in [9.17, 15) is 4.79 Å². The second-order valence-corrected chi connectivity index (χ2v) is 4.79. The van der Waals surface area contributed by atoms with Crippen molar-refractivity contribution in [1.29, 1.82) is 0 Å². The molecule has 0 saturated heterocycles. The quantitative estimate of drug-likeness (QED) is 0.783. The number of hydrogen-bond donors (Lipinski definition) is 2. The lowest BCUT2D eigenvalue weighted by molar-refractivity contribution is -0.122. The minimum atomic E-state index is -0.459. The molecule has 19 heavy (non-hydrogen) atoms. The Morgan fingerprint density at radius 1 is 1.32 bits per heavy atom. The Kier molecular flexibility index (Phi) is 6.53. The maximum Gasteiger partial charge on any atom is 0.236 e. The van der Waals surface area contributed by atoms with Gasteiger partial charge in [-0.2, -0.15) is 0 Å². The van der Waals surface area contributed by atoms with Gasteiger partial charge in [-0.25, -0.2) is 0 Å². The fourth-order valence-corrected chi connectivity index (χ4v) is 1.89. The highest BCUT2D eigenvalue weighted by atomic mass is 16.2. The third-order valence-corrected chi connectivity index (χ3v) is 3.17. The van der Waals surface area contributed by atoms with Gasteiger partial charge in [-0.3, -0.25) is 9.69 Å². The zero-order valence-corrected chi connectivity index (χ0v) is 12.1. The molecule has 0 radical (unpaired) electrons. The molecule has 0 unspecified atom stereocenters. The summed E-state index contributed by atoms with van der Waals surface area (Å²) in [5.74, 6) is -0.117. The first-order chi connectivity index (χ1) is 9.06. The Morgan fingerprint density at radius 3 is 2.53 bits per heavy atom. The molecule has 0 aromatic heterocycles. The normalized spacial score (nSPS) is 12.5. The molecule has 0 aliphatic rings. The van der Waals surface area contributed by atoms with E-state index in [1.54, 1.807) is 6.92 Å². The zero-order valence-electron chi connectivity index (χ0n) is 12.1. The highest BCUT2D eigenvalue weighted by Crippen LogP contribution is 2.08. The molecule has 1 aromatic rings. The zero-order chi connectivity index (χ0) is 14.3. The van der Waals surface area contributed by atoms with E-state index in [1.807, 2.05) is 12.1 Å². The van der Waals surface area contributed by atoms with E-state index in [4.69, 9.17) is 5.73 Å². The molecule has 0 fully saturated rings. The summed E-state index contributed by atoms with van der Waals surface area (Å²) in [6, 6.07) is 7.85. The summed E-state index contributed by atoms with van der Waals surface area (Å²) < 4.78 is 0. The summed E-state index contributed by atoms with van der Waals surface area (Å²) in [5.41, 5.74) is 7.90. The largest absolute Gasteiger partial charge is 0.351 e. The van der Waals surface area contributed by atoms with Gasteiger partial charge in [0.1, 0.15) is 0 Å². The highest BCUT2D eigenvalue weighted by molar-refractivity contribution is 5.80. The second-order valence-electron chi connectivity index (χ2n) is 4.79. The van der Waals surface area contributed by atoms with Crippen molar-refractivity contribution in [2.45, 2.75) is 39.9 Å². The molecule has 0 saturated carbocycles. The summed E-state index contributed by atoms with van der Waals surface area (Å²) in [4.78, 5) is 13.8. The maximum absolute atomic E-state index is 11.4. The first kappa shape index (κ1) is 15.7. The highest BCUT2D eigenvalue weighted by Gasteiger charge is 2.07. The number of nitrogens with two attached hydrogens (primary N) is 1. The van der Waals surface area contributed by atoms with Crippen molar-refractivity contribution in [2.75, 3.05) is 13.1 Å². The number of carbonyl (C=O) groups is 1. The number of rotatable bonds is 7. The van der Waals surface area contributed by atoms with Crippen LogP contribution in [0, 0.1) is 0 Å².